The van der Waals surface area contributed by atoms with Crippen molar-refractivity contribution in [2.75, 3.05) is 6.54 Å². The number of nitriles is 1. The highest BCUT2D eigenvalue weighted by Crippen LogP contribution is 2.10. The van der Waals surface area contributed by atoms with Crippen molar-refractivity contribution in [1.29, 1.82) is 5.26 Å². The summed E-state index contributed by atoms with van der Waals surface area (Å²) in [7, 11) is 0. The maximum Gasteiger partial charge on any atom is 0.123 e. The van der Waals surface area contributed by atoms with Crippen molar-refractivity contribution in [3.05, 3.63) is 53.9 Å². The number of imidazole rings is 1. The zero-order chi connectivity index (χ0) is 14.2. The normalized spacial score (nSPS) is 10.4. The quantitative estimate of drug-likeness (QED) is 0.788. The fourth-order valence-corrected chi connectivity index (χ4v) is 2.00. The summed E-state index contributed by atoms with van der Waals surface area (Å²) in [6, 6.07) is 6.32. The smallest absolute Gasteiger partial charge is 0.123 e. The minimum Gasteiger partial charge on any atom is -0.337 e. The average Bonchev–Trinajstić information content (AvgIpc) is 2.96. The highest BCUT2D eigenvalue weighted by atomic mass is 19.1. The zero-order valence-corrected chi connectivity index (χ0v) is 11.2. The Kier molecular flexibility index (Phi) is 5.27. The van der Waals surface area contributed by atoms with Crippen molar-refractivity contribution in [2.24, 2.45) is 0 Å². The van der Waals surface area contributed by atoms with Crippen molar-refractivity contribution in [2.45, 2.75) is 25.9 Å². The topological polar surface area (TPSA) is 53.6 Å². The third-order valence-corrected chi connectivity index (χ3v) is 3.08. The molecule has 20 heavy (non-hydrogen) atoms. The van der Waals surface area contributed by atoms with Gasteiger partial charge in [-0.1, -0.05) is 0 Å². The molecule has 0 aliphatic heterocycles. The van der Waals surface area contributed by atoms with Crippen LogP contribution in [0, 0.1) is 17.1 Å². The van der Waals surface area contributed by atoms with E-state index in [9.17, 15) is 4.39 Å². The Morgan fingerprint density at radius 3 is 3.00 bits per heavy atom. The molecule has 1 aromatic heterocycles. The predicted molar refractivity (Wildman–Crippen MR) is 74.3 cm³/mol. The summed E-state index contributed by atoms with van der Waals surface area (Å²) in [4.78, 5) is 3.99. The van der Waals surface area contributed by atoms with E-state index < -0.39 is 0 Å². The molecule has 4 nitrogen and oxygen atoms in total. The van der Waals surface area contributed by atoms with Gasteiger partial charge in [0.2, 0.25) is 0 Å². The largest absolute Gasteiger partial charge is 0.337 e. The summed E-state index contributed by atoms with van der Waals surface area (Å²) < 4.78 is 15.2. The van der Waals surface area contributed by atoms with Crippen molar-refractivity contribution in [1.82, 2.24) is 14.9 Å². The predicted octanol–water partition coefficient (Wildman–Crippen LogP) is 2.46. The molecule has 0 aliphatic carbocycles. The highest BCUT2D eigenvalue weighted by Gasteiger charge is 2.03. The average molecular weight is 272 g/mol. The molecule has 0 amide bonds. The molecule has 0 saturated heterocycles. The Labute approximate surface area is 117 Å². The van der Waals surface area contributed by atoms with Gasteiger partial charge in [0.05, 0.1) is 18.0 Å². The number of hydrogen-bond donors (Lipinski definition) is 1. The Bertz CT molecular complexity index is 572. The van der Waals surface area contributed by atoms with Crippen molar-refractivity contribution in [3.63, 3.8) is 0 Å². The van der Waals surface area contributed by atoms with E-state index in [-0.39, 0.29) is 5.82 Å². The number of rotatable bonds is 7. The summed E-state index contributed by atoms with van der Waals surface area (Å²) in [5, 5.41) is 12.2. The number of benzene rings is 1. The van der Waals surface area contributed by atoms with E-state index in [0.717, 1.165) is 25.9 Å². The van der Waals surface area contributed by atoms with Gasteiger partial charge in [-0.25, -0.2) is 9.37 Å². The molecule has 1 N–H and O–H groups in total. The maximum absolute atomic E-state index is 13.1. The van der Waals surface area contributed by atoms with Gasteiger partial charge in [-0.05, 0) is 43.1 Å². The molecule has 0 radical (unpaired) electrons. The van der Waals surface area contributed by atoms with E-state index in [1.54, 1.807) is 12.5 Å². The lowest BCUT2D eigenvalue weighted by molar-refractivity contribution is 0.566. The van der Waals surface area contributed by atoms with E-state index in [1.807, 2.05) is 10.8 Å². The number of nitrogens with one attached hydrogen (secondary N) is 1. The second kappa shape index (κ2) is 7.41. The summed E-state index contributed by atoms with van der Waals surface area (Å²) in [6.07, 6.45) is 7.59. The molecule has 5 heteroatoms. The second-order valence-electron chi connectivity index (χ2n) is 4.60. The third-order valence-electron chi connectivity index (χ3n) is 3.08. The van der Waals surface area contributed by atoms with Crippen LogP contribution in [0.3, 0.4) is 0 Å². The van der Waals surface area contributed by atoms with Crippen molar-refractivity contribution < 1.29 is 4.39 Å². The molecule has 0 aliphatic rings. The zero-order valence-electron chi connectivity index (χ0n) is 11.2. The first kappa shape index (κ1) is 14.2. The number of nitrogens with zero attached hydrogens (tertiary/aromatic N) is 3. The van der Waals surface area contributed by atoms with Gasteiger partial charge < -0.3 is 9.88 Å². The minimum atomic E-state index is -0.305. The van der Waals surface area contributed by atoms with E-state index in [2.05, 4.69) is 16.4 Å². The number of aryl methyl sites for hydroxylation is 1. The van der Waals surface area contributed by atoms with Crippen molar-refractivity contribution >= 4 is 0 Å². The van der Waals surface area contributed by atoms with Crippen LogP contribution in [0.25, 0.3) is 0 Å². The maximum atomic E-state index is 13.1. The number of unbranched alkanes of at least 4 members (excludes halogenated alkanes) is 1. The fourth-order valence-electron chi connectivity index (χ4n) is 2.00. The molecular formula is C15H17FN4. The molecule has 0 unspecified atom stereocenters. The van der Waals surface area contributed by atoms with Crippen LogP contribution in [0.2, 0.25) is 0 Å². The molecule has 0 atom stereocenters. The van der Waals surface area contributed by atoms with Gasteiger partial charge in [-0.15, -0.1) is 0 Å². The van der Waals surface area contributed by atoms with Gasteiger partial charge in [0.15, 0.2) is 0 Å². The number of halogens is 1. The first-order chi connectivity index (χ1) is 9.79. The highest BCUT2D eigenvalue weighted by molar-refractivity contribution is 5.37. The molecule has 0 saturated carbocycles. The molecule has 2 rings (SSSR count). The summed E-state index contributed by atoms with van der Waals surface area (Å²) in [5.74, 6) is -0.305. The van der Waals surface area contributed by atoms with E-state index in [0.29, 0.717) is 17.7 Å². The molecule has 1 aromatic carbocycles. The Balaban J connectivity index is 1.68. The van der Waals surface area contributed by atoms with Crippen LogP contribution in [0.1, 0.15) is 24.0 Å². The molecule has 0 spiro atoms. The SMILES string of the molecule is N#Cc1ccc(F)cc1CNCCCCn1ccnc1. The monoisotopic (exact) mass is 272 g/mol. The summed E-state index contributed by atoms with van der Waals surface area (Å²) >= 11 is 0. The van der Waals surface area contributed by atoms with Gasteiger partial charge in [0, 0.05) is 25.5 Å². The summed E-state index contributed by atoms with van der Waals surface area (Å²) in [6.45, 7) is 2.31. The second-order valence-corrected chi connectivity index (χ2v) is 4.60. The van der Waals surface area contributed by atoms with Crippen LogP contribution in [-0.2, 0) is 13.1 Å². The molecule has 1 heterocycles. The van der Waals surface area contributed by atoms with Gasteiger partial charge >= 0.3 is 0 Å². The lowest BCUT2D eigenvalue weighted by atomic mass is 10.1. The number of aromatic nitrogens is 2. The Hall–Kier alpha value is -2.19. The first-order valence-corrected chi connectivity index (χ1v) is 6.64. The molecule has 2 aromatic rings. The van der Waals surface area contributed by atoms with Crippen LogP contribution in [0.5, 0.6) is 0 Å². The van der Waals surface area contributed by atoms with Gasteiger partial charge in [-0.3, -0.25) is 0 Å². The van der Waals surface area contributed by atoms with Crippen LogP contribution in [-0.4, -0.2) is 16.1 Å². The number of hydrogen-bond acceptors (Lipinski definition) is 3. The lowest BCUT2D eigenvalue weighted by Crippen LogP contribution is -2.16. The van der Waals surface area contributed by atoms with Crippen LogP contribution in [0.4, 0.5) is 4.39 Å². The summed E-state index contributed by atoms with van der Waals surface area (Å²) in [5.41, 5.74) is 1.24. The molecule has 0 fully saturated rings. The van der Waals surface area contributed by atoms with E-state index in [1.165, 1.54) is 18.2 Å². The minimum absolute atomic E-state index is 0.305. The molecular weight excluding hydrogens is 255 g/mol. The van der Waals surface area contributed by atoms with Crippen LogP contribution >= 0.6 is 0 Å². The van der Waals surface area contributed by atoms with E-state index >= 15 is 0 Å². The van der Waals surface area contributed by atoms with E-state index in [4.69, 9.17) is 5.26 Å². The fraction of sp³-hybridized carbons (Fsp3) is 0.333. The third kappa shape index (κ3) is 4.18. The van der Waals surface area contributed by atoms with Crippen LogP contribution in [0.15, 0.2) is 36.9 Å². The Morgan fingerprint density at radius 2 is 2.25 bits per heavy atom. The Morgan fingerprint density at radius 1 is 1.35 bits per heavy atom. The first-order valence-electron chi connectivity index (χ1n) is 6.64. The van der Waals surface area contributed by atoms with Gasteiger partial charge in [0.1, 0.15) is 5.82 Å². The molecule has 104 valence electrons. The van der Waals surface area contributed by atoms with Gasteiger partial charge in [-0.2, -0.15) is 5.26 Å². The standard InChI is InChI=1S/C15H17FN4/c16-15-4-3-13(10-17)14(9-15)11-18-5-1-2-7-20-8-6-19-12-20/h3-4,6,8-9,12,18H,1-2,5,7,11H2. The lowest BCUT2D eigenvalue weighted by Gasteiger charge is -2.07. The van der Waals surface area contributed by atoms with Gasteiger partial charge in [0.25, 0.3) is 0 Å². The molecule has 0 bridgehead atoms. The van der Waals surface area contributed by atoms with Crippen molar-refractivity contribution in [3.8, 4) is 6.07 Å². The van der Waals surface area contributed by atoms with Crippen LogP contribution < -0.4 is 5.32 Å².